The van der Waals surface area contributed by atoms with E-state index in [1.54, 1.807) is 41.6 Å². The molecule has 1 aliphatic rings. The first-order valence-corrected chi connectivity index (χ1v) is 12.5. The highest BCUT2D eigenvalue weighted by Crippen LogP contribution is 2.27. The predicted octanol–water partition coefficient (Wildman–Crippen LogP) is 3.01. The summed E-state index contributed by atoms with van der Waals surface area (Å²) in [6, 6.07) is 13.1. The van der Waals surface area contributed by atoms with Crippen LogP contribution in [0, 0.1) is 18.8 Å². The highest BCUT2D eigenvalue weighted by atomic mass is 32.2. The molecule has 3 aromatic rings. The number of para-hydroxylation sites is 1. The topological polar surface area (TPSA) is 101 Å². The number of rotatable bonds is 5. The molecule has 0 aliphatic carbocycles. The molecule has 0 spiro atoms. The van der Waals surface area contributed by atoms with Gasteiger partial charge in [0.05, 0.1) is 15.8 Å². The molecular formula is C24H28N4O4S. The molecule has 2 unspecified atom stereocenters. The number of hydrogen-bond donors (Lipinski definition) is 1. The number of hydrogen-bond acceptors (Lipinski definition) is 5. The Morgan fingerprint density at radius 1 is 1.06 bits per heavy atom. The minimum atomic E-state index is -3.59. The molecule has 1 aromatic heterocycles. The number of piperidine rings is 1. The largest absolute Gasteiger partial charge is 0.325 e. The first kappa shape index (κ1) is 23.1. The molecule has 8 nitrogen and oxygen atoms in total. The summed E-state index contributed by atoms with van der Waals surface area (Å²) < 4.78 is 28.9. The number of aryl methyl sites for hydroxylation is 1. The minimum Gasteiger partial charge on any atom is -0.325 e. The van der Waals surface area contributed by atoms with E-state index in [1.807, 2.05) is 6.07 Å². The number of nitrogens with one attached hydrogen (secondary N) is 1. The summed E-state index contributed by atoms with van der Waals surface area (Å²) in [5, 5.41) is 3.18. The van der Waals surface area contributed by atoms with Crippen LogP contribution in [0.15, 0.2) is 58.2 Å². The van der Waals surface area contributed by atoms with Crippen LogP contribution in [-0.2, 0) is 21.4 Å². The Kier molecular flexibility index (Phi) is 6.36. The van der Waals surface area contributed by atoms with Gasteiger partial charge < -0.3 is 5.32 Å². The third-order valence-corrected chi connectivity index (χ3v) is 7.81. The Hall–Kier alpha value is -3.04. The maximum absolute atomic E-state index is 13.0. The molecule has 0 radical (unpaired) electrons. The smallest absolute Gasteiger partial charge is 0.261 e. The molecule has 33 heavy (non-hydrogen) atoms. The number of sulfonamides is 1. The van der Waals surface area contributed by atoms with Crippen molar-refractivity contribution in [1.82, 2.24) is 13.9 Å². The Morgan fingerprint density at radius 2 is 1.70 bits per heavy atom. The lowest BCUT2D eigenvalue weighted by Gasteiger charge is -2.34. The molecule has 1 aliphatic heterocycles. The Morgan fingerprint density at radius 3 is 2.36 bits per heavy atom. The van der Waals surface area contributed by atoms with Crippen molar-refractivity contribution in [3.05, 3.63) is 64.7 Å². The number of nitrogens with zero attached hydrogens (tertiary/aromatic N) is 3. The van der Waals surface area contributed by atoms with Crippen molar-refractivity contribution in [2.45, 2.75) is 38.6 Å². The van der Waals surface area contributed by atoms with E-state index >= 15 is 0 Å². The van der Waals surface area contributed by atoms with Crippen LogP contribution in [0.3, 0.4) is 0 Å². The average Bonchev–Trinajstić information content (AvgIpc) is 2.76. The van der Waals surface area contributed by atoms with Crippen molar-refractivity contribution in [2.24, 2.45) is 11.8 Å². The second-order valence-corrected chi connectivity index (χ2v) is 10.8. The first-order chi connectivity index (χ1) is 15.6. The fourth-order valence-electron chi connectivity index (χ4n) is 4.47. The van der Waals surface area contributed by atoms with E-state index in [4.69, 9.17) is 0 Å². The molecule has 0 bridgehead atoms. The molecule has 1 fully saturated rings. The van der Waals surface area contributed by atoms with Gasteiger partial charge in [0.1, 0.15) is 12.4 Å². The van der Waals surface area contributed by atoms with Gasteiger partial charge in [-0.1, -0.05) is 26.0 Å². The van der Waals surface area contributed by atoms with Crippen LogP contribution in [0.4, 0.5) is 5.69 Å². The van der Waals surface area contributed by atoms with Gasteiger partial charge in [0.2, 0.25) is 15.9 Å². The van der Waals surface area contributed by atoms with Crippen molar-refractivity contribution in [3.63, 3.8) is 0 Å². The van der Waals surface area contributed by atoms with Crippen LogP contribution in [0.5, 0.6) is 0 Å². The lowest BCUT2D eigenvalue weighted by Crippen LogP contribution is -2.42. The van der Waals surface area contributed by atoms with E-state index in [9.17, 15) is 18.0 Å². The molecule has 4 rings (SSSR count). The zero-order chi connectivity index (χ0) is 23.8. The van der Waals surface area contributed by atoms with Gasteiger partial charge in [0.15, 0.2) is 0 Å². The van der Waals surface area contributed by atoms with Gasteiger partial charge in [-0.3, -0.25) is 14.2 Å². The number of fused-ring (bicyclic) bond motifs is 1. The maximum atomic E-state index is 13.0. The van der Waals surface area contributed by atoms with Crippen molar-refractivity contribution in [3.8, 4) is 0 Å². The van der Waals surface area contributed by atoms with E-state index in [-0.39, 0.29) is 17.0 Å². The first-order valence-electron chi connectivity index (χ1n) is 11.0. The van der Waals surface area contributed by atoms with E-state index < -0.39 is 15.9 Å². The lowest BCUT2D eigenvalue weighted by molar-refractivity contribution is -0.116. The van der Waals surface area contributed by atoms with Crippen molar-refractivity contribution in [1.29, 1.82) is 0 Å². The fraction of sp³-hybridized carbons (Fsp3) is 0.375. The number of anilines is 1. The molecule has 9 heteroatoms. The molecule has 2 atom stereocenters. The second-order valence-electron chi connectivity index (χ2n) is 8.91. The number of amides is 1. The normalized spacial score (nSPS) is 19.5. The van der Waals surface area contributed by atoms with Crippen LogP contribution >= 0.6 is 0 Å². The van der Waals surface area contributed by atoms with E-state index in [2.05, 4.69) is 24.1 Å². The minimum absolute atomic E-state index is 0.188. The SMILES string of the molecule is Cc1nc2ccccc2c(=O)n1CC(=O)Nc1ccc(S(=O)(=O)N2CC(C)CC(C)C2)cc1. The third kappa shape index (κ3) is 4.84. The van der Waals surface area contributed by atoms with Crippen LogP contribution in [0.2, 0.25) is 0 Å². The van der Waals surface area contributed by atoms with Crippen LogP contribution in [-0.4, -0.2) is 41.3 Å². The standard InChI is InChI=1S/C24H28N4O4S/c1-16-12-17(2)14-27(13-16)33(31,32)20-10-8-19(9-11-20)26-23(29)15-28-18(3)25-22-7-5-4-6-21(22)24(28)30/h4-11,16-17H,12-15H2,1-3H3,(H,26,29). The van der Waals surface area contributed by atoms with E-state index in [0.29, 0.717) is 47.3 Å². The maximum Gasteiger partial charge on any atom is 0.261 e. The summed E-state index contributed by atoms with van der Waals surface area (Å²) >= 11 is 0. The number of aromatic nitrogens is 2. The number of benzene rings is 2. The molecule has 1 amide bonds. The van der Waals surface area contributed by atoms with Gasteiger partial charge in [-0.2, -0.15) is 4.31 Å². The molecular weight excluding hydrogens is 440 g/mol. The Labute approximate surface area is 193 Å². The molecule has 1 N–H and O–H groups in total. The van der Waals surface area contributed by atoms with Gasteiger partial charge in [-0.15, -0.1) is 0 Å². The van der Waals surface area contributed by atoms with Crippen molar-refractivity contribution < 1.29 is 13.2 Å². The van der Waals surface area contributed by atoms with Gasteiger partial charge in [-0.05, 0) is 61.6 Å². The fourth-order valence-corrected chi connectivity index (χ4v) is 6.15. The summed E-state index contributed by atoms with van der Waals surface area (Å²) in [7, 11) is -3.59. The Bertz CT molecular complexity index is 1340. The van der Waals surface area contributed by atoms with Crippen LogP contribution < -0.4 is 10.9 Å². The summed E-state index contributed by atoms with van der Waals surface area (Å²) in [5.41, 5.74) is 0.768. The monoisotopic (exact) mass is 468 g/mol. The zero-order valence-electron chi connectivity index (χ0n) is 19.0. The summed E-state index contributed by atoms with van der Waals surface area (Å²) in [6.45, 7) is 6.65. The highest BCUT2D eigenvalue weighted by molar-refractivity contribution is 7.89. The average molecular weight is 469 g/mol. The molecule has 1 saturated heterocycles. The number of carbonyl (C=O) groups excluding carboxylic acids is 1. The van der Waals surface area contributed by atoms with Crippen molar-refractivity contribution >= 4 is 32.5 Å². The summed E-state index contributed by atoms with van der Waals surface area (Å²) in [4.78, 5) is 30.0. The van der Waals surface area contributed by atoms with Crippen LogP contribution in [0.1, 0.15) is 26.1 Å². The predicted molar refractivity (Wildman–Crippen MR) is 128 cm³/mol. The summed E-state index contributed by atoms with van der Waals surface area (Å²) in [6.07, 6.45) is 1.02. The highest BCUT2D eigenvalue weighted by Gasteiger charge is 2.31. The lowest BCUT2D eigenvalue weighted by atomic mass is 9.94. The third-order valence-electron chi connectivity index (χ3n) is 5.97. The van der Waals surface area contributed by atoms with E-state index in [1.165, 1.54) is 16.7 Å². The van der Waals surface area contributed by atoms with Gasteiger partial charge in [0, 0.05) is 18.8 Å². The van der Waals surface area contributed by atoms with Gasteiger partial charge in [0.25, 0.3) is 5.56 Å². The van der Waals surface area contributed by atoms with E-state index in [0.717, 1.165) is 6.42 Å². The molecule has 2 heterocycles. The molecule has 0 saturated carbocycles. The van der Waals surface area contributed by atoms with Gasteiger partial charge >= 0.3 is 0 Å². The Balaban J connectivity index is 1.48. The van der Waals surface area contributed by atoms with Crippen molar-refractivity contribution in [2.75, 3.05) is 18.4 Å². The zero-order valence-corrected chi connectivity index (χ0v) is 19.8. The number of carbonyl (C=O) groups is 1. The molecule has 174 valence electrons. The second kappa shape index (κ2) is 9.07. The van der Waals surface area contributed by atoms with Gasteiger partial charge in [-0.25, -0.2) is 13.4 Å². The molecule has 2 aromatic carbocycles. The summed E-state index contributed by atoms with van der Waals surface area (Å²) in [5.74, 6) is 0.684. The van der Waals surface area contributed by atoms with Crippen LogP contribution in [0.25, 0.3) is 10.9 Å². The quantitative estimate of drug-likeness (QED) is 0.620.